The van der Waals surface area contributed by atoms with Crippen molar-refractivity contribution < 1.29 is 19.1 Å². The normalized spacial score (nSPS) is 12.1. The number of fused-ring (bicyclic) bond motifs is 5. The molecule has 3 aromatic rings. The first-order valence-electron chi connectivity index (χ1n) is 9.66. The molecule has 2 aromatic carbocycles. The number of methoxy groups -OCH3 is 2. The second-order valence-corrected chi connectivity index (χ2v) is 7.60. The number of nitrogens with zero attached hydrogens (tertiary/aromatic N) is 1. The lowest BCUT2D eigenvalue weighted by Gasteiger charge is -2.18. The van der Waals surface area contributed by atoms with Crippen LogP contribution in [0.25, 0.3) is 22.0 Å². The molecule has 1 N–H and O–H groups in total. The fourth-order valence-corrected chi connectivity index (χ4v) is 3.96. The second-order valence-electron chi connectivity index (χ2n) is 7.60. The van der Waals surface area contributed by atoms with Crippen LogP contribution in [-0.4, -0.2) is 30.6 Å². The van der Waals surface area contributed by atoms with E-state index >= 15 is 0 Å². The van der Waals surface area contributed by atoms with Gasteiger partial charge in [0.25, 0.3) is 5.56 Å². The van der Waals surface area contributed by atoms with Crippen LogP contribution < -0.4 is 20.5 Å². The van der Waals surface area contributed by atoms with Crippen molar-refractivity contribution in [1.82, 2.24) is 4.68 Å². The van der Waals surface area contributed by atoms with E-state index in [0.29, 0.717) is 33.5 Å². The number of aromatic nitrogens is 1. The number of hydrogen-bond donors (Lipinski definition) is 1. The lowest BCUT2D eigenvalue weighted by Crippen LogP contribution is -2.35. The highest BCUT2D eigenvalue weighted by atomic mass is 16.5. The molecule has 1 aliphatic rings. The van der Waals surface area contributed by atoms with Crippen molar-refractivity contribution in [2.24, 2.45) is 5.92 Å². The summed E-state index contributed by atoms with van der Waals surface area (Å²) >= 11 is 0. The molecule has 0 atom stereocenters. The van der Waals surface area contributed by atoms with Crippen molar-refractivity contribution in [3.8, 4) is 22.8 Å². The van der Waals surface area contributed by atoms with E-state index in [9.17, 15) is 14.4 Å². The first kappa shape index (κ1) is 19.7. The fraction of sp³-hybridized carbons (Fsp3) is 0.261. The standard InChI is InChI=1S/C23H22N2O5/c1-12(2)11-17(26)24-25-20-13-7-5-6-8-14(13)21(27)18(20)15-9-10-16(29-3)22(30-4)19(15)23(25)28/h5-10,12H,11H2,1-4H3,(H,24,26). The fourth-order valence-electron chi connectivity index (χ4n) is 3.96. The van der Waals surface area contributed by atoms with Gasteiger partial charge in [0.05, 0.1) is 30.9 Å². The Balaban J connectivity index is 2.12. The number of ether oxygens (including phenoxy) is 2. The Morgan fingerprint density at radius 1 is 1.03 bits per heavy atom. The Bertz CT molecular complexity index is 1260. The zero-order valence-corrected chi connectivity index (χ0v) is 17.2. The van der Waals surface area contributed by atoms with Gasteiger partial charge in [0, 0.05) is 22.9 Å². The van der Waals surface area contributed by atoms with Gasteiger partial charge >= 0.3 is 0 Å². The van der Waals surface area contributed by atoms with E-state index in [2.05, 4.69) is 5.43 Å². The summed E-state index contributed by atoms with van der Waals surface area (Å²) in [4.78, 5) is 39.4. The third kappa shape index (κ3) is 2.85. The predicted molar refractivity (Wildman–Crippen MR) is 114 cm³/mol. The summed E-state index contributed by atoms with van der Waals surface area (Å²) in [6, 6.07) is 10.4. The molecule has 1 heterocycles. The molecule has 0 unspecified atom stereocenters. The van der Waals surface area contributed by atoms with Gasteiger partial charge in [0.2, 0.25) is 5.91 Å². The highest BCUT2D eigenvalue weighted by Crippen LogP contribution is 2.42. The quantitative estimate of drug-likeness (QED) is 0.549. The summed E-state index contributed by atoms with van der Waals surface area (Å²) in [5.74, 6) is 0.179. The van der Waals surface area contributed by atoms with Gasteiger partial charge in [-0.25, -0.2) is 4.68 Å². The molecule has 1 aromatic heterocycles. The van der Waals surface area contributed by atoms with Crippen LogP contribution in [0.15, 0.2) is 41.2 Å². The Morgan fingerprint density at radius 3 is 2.37 bits per heavy atom. The van der Waals surface area contributed by atoms with E-state index in [-0.39, 0.29) is 35.2 Å². The summed E-state index contributed by atoms with van der Waals surface area (Å²) in [7, 11) is 2.91. The minimum atomic E-state index is -0.485. The molecule has 0 saturated carbocycles. The number of pyridine rings is 1. The summed E-state index contributed by atoms with van der Waals surface area (Å²) in [5, 5.41) is 0.643. The molecule has 0 fully saturated rings. The van der Waals surface area contributed by atoms with Crippen LogP contribution in [-0.2, 0) is 4.79 Å². The highest BCUT2D eigenvalue weighted by Gasteiger charge is 2.34. The van der Waals surface area contributed by atoms with Gasteiger partial charge in [-0.1, -0.05) is 38.1 Å². The van der Waals surface area contributed by atoms with Crippen LogP contribution in [0.5, 0.6) is 11.5 Å². The second kappa shape index (κ2) is 7.33. The zero-order chi connectivity index (χ0) is 21.6. The first-order chi connectivity index (χ1) is 14.4. The lowest BCUT2D eigenvalue weighted by molar-refractivity contribution is -0.117. The van der Waals surface area contributed by atoms with E-state index < -0.39 is 5.56 Å². The Hall–Kier alpha value is -3.61. The molecule has 0 aliphatic heterocycles. The smallest absolute Gasteiger partial charge is 0.281 e. The summed E-state index contributed by atoms with van der Waals surface area (Å²) in [6.45, 7) is 3.83. The average molecular weight is 406 g/mol. The summed E-state index contributed by atoms with van der Waals surface area (Å²) < 4.78 is 12.0. The molecule has 0 spiro atoms. The predicted octanol–water partition coefficient (Wildman–Crippen LogP) is 3.35. The van der Waals surface area contributed by atoms with Gasteiger partial charge in [-0.2, -0.15) is 0 Å². The van der Waals surface area contributed by atoms with Crippen molar-refractivity contribution in [3.63, 3.8) is 0 Å². The molecule has 154 valence electrons. The molecule has 7 nitrogen and oxygen atoms in total. The van der Waals surface area contributed by atoms with Crippen LogP contribution in [0.1, 0.15) is 36.2 Å². The van der Waals surface area contributed by atoms with Gasteiger partial charge in [0.1, 0.15) is 0 Å². The molecule has 0 bridgehead atoms. The maximum Gasteiger partial charge on any atom is 0.281 e. The highest BCUT2D eigenvalue weighted by molar-refractivity contribution is 6.27. The number of rotatable bonds is 5. The van der Waals surface area contributed by atoms with E-state index in [0.717, 1.165) is 0 Å². The minimum Gasteiger partial charge on any atom is -0.493 e. The number of nitrogens with one attached hydrogen (secondary N) is 1. The SMILES string of the molecule is COc1ccc2c3c(n(NC(=O)CC(C)C)c(=O)c2c1OC)-c1ccccc1C3=O. The van der Waals surface area contributed by atoms with Crippen LogP contribution in [0.2, 0.25) is 0 Å². The minimum absolute atomic E-state index is 0.109. The molecular weight excluding hydrogens is 384 g/mol. The molecule has 7 heteroatoms. The molecule has 30 heavy (non-hydrogen) atoms. The van der Waals surface area contributed by atoms with E-state index in [1.165, 1.54) is 18.9 Å². The van der Waals surface area contributed by atoms with Crippen molar-refractivity contribution in [2.45, 2.75) is 20.3 Å². The topological polar surface area (TPSA) is 86.6 Å². The zero-order valence-electron chi connectivity index (χ0n) is 17.2. The van der Waals surface area contributed by atoms with Crippen molar-refractivity contribution in [1.29, 1.82) is 0 Å². The number of carbonyl (C=O) groups excluding carboxylic acids is 2. The number of benzene rings is 2. The van der Waals surface area contributed by atoms with Crippen LogP contribution in [0.3, 0.4) is 0 Å². The number of hydrogen-bond acceptors (Lipinski definition) is 5. The Kier molecular flexibility index (Phi) is 4.81. The maximum atomic E-state index is 13.6. The molecule has 0 saturated heterocycles. The largest absolute Gasteiger partial charge is 0.493 e. The van der Waals surface area contributed by atoms with Crippen LogP contribution in [0.4, 0.5) is 0 Å². The van der Waals surface area contributed by atoms with Crippen LogP contribution in [0, 0.1) is 5.92 Å². The lowest BCUT2D eigenvalue weighted by atomic mass is 10.0. The van der Waals surface area contributed by atoms with Crippen molar-refractivity contribution in [2.75, 3.05) is 19.6 Å². The number of ketones is 1. The molecule has 1 aliphatic carbocycles. The van der Waals surface area contributed by atoms with Crippen molar-refractivity contribution in [3.05, 3.63) is 57.9 Å². The Morgan fingerprint density at radius 2 is 1.73 bits per heavy atom. The first-order valence-corrected chi connectivity index (χ1v) is 9.66. The van der Waals surface area contributed by atoms with Crippen molar-refractivity contribution >= 4 is 22.5 Å². The molecule has 4 rings (SSSR count). The molecule has 1 amide bonds. The van der Waals surface area contributed by atoms with Gasteiger partial charge in [-0.15, -0.1) is 0 Å². The van der Waals surface area contributed by atoms with E-state index in [1.54, 1.807) is 36.4 Å². The monoisotopic (exact) mass is 406 g/mol. The van der Waals surface area contributed by atoms with Gasteiger partial charge in [0.15, 0.2) is 17.3 Å². The van der Waals surface area contributed by atoms with Gasteiger partial charge in [-0.3, -0.25) is 19.8 Å². The van der Waals surface area contributed by atoms with Crippen LogP contribution >= 0.6 is 0 Å². The average Bonchev–Trinajstić information content (AvgIpc) is 3.02. The third-order valence-corrected chi connectivity index (χ3v) is 5.18. The summed E-state index contributed by atoms with van der Waals surface area (Å²) in [5.41, 5.74) is 4.05. The number of amides is 1. The summed E-state index contributed by atoms with van der Waals surface area (Å²) in [6.07, 6.45) is 0.240. The number of carbonyl (C=O) groups is 2. The van der Waals surface area contributed by atoms with E-state index in [1.807, 2.05) is 13.8 Å². The maximum absolute atomic E-state index is 13.6. The van der Waals surface area contributed by atoms with Gasteiger partial charge < -0.3 is 9.47 Å². The van der Waals surface area contributed by atoms with E-state index in [4.69, 9.17) is 9.47 Å². The molecular formula is C23H22N2O5. The Labute approximate surface area is 173 Å². The third-order valence-electron chi connectivity index (χ3n) is 5.18. The van der Waals surface area contributed by atoms with Gasteiger partial charge in [-0.05, 0) is 18.1 Å². The molecule has 0 radical (unpaired) electrons.